The van der Waals surface area contributed by atoms with Crippen LogP contribution in [0.3, 0.4) is 0 Å². The van der Waals surface area contributed by atoms with Crippen LogP contribution >= 0.6 is 0 Å². The quantitative estimate of drug-likeness (QED) is 0.811. The molecule has 2 aliphatic rings. The predicted octanol–water partition coefficient (Wildman–Crippen LogP) is 1.37. The number of rotatable bonds is 2. The first kappa shape index (κ1) is 13.6. The second-order valence-corrected chi connectivity index (χ2v) is 6.33. The van der Waals surface area contributed by atoms with Crippen molar-refractivity contribution in [2.45, 2.75) is 50.8 Å². The van der Waals surface area contributed by atoms with E-state index in [0.29, 0.717) is 6.61 Å². The summed E-state index contributed by atoms with van der Waals surface area (Å²) in [6.45, 7) is 7.91. The van der Waals surface area contributed by atoms with Crippen molar-refractivity contribution in [2.24, 2.45) is 0 Å². The number of carbonyl (C=O) groups is 1. The van der Waals surface area contributed by atoms with Crippen LogP contribution in [0, 0.1) is 0 Å². The summed E-state index contributed by atoms with van der Waals surface area (Å²) in [6.07, 6.45) is 1.80. The molecule has 18 heavy (non-hydrogen) atoms. The van der Waals surface area contributed by atoms with Crippen LogP contribution in [0.4, 0.5) is 4.79 Å². The van der Waals surface area contributed by atoms with Gasteiger partial charge >= 0.3 is 6.09 Å². The number of amides is 1. The number of nitrogens with zero attached hydrogens (tertiary/aromatic N) is 1. The third-order valence-electron chi connectivity index (χ3n) is 3.66. The van der Waals surface area contributed by atoms with Gasteiger partial charge in [0.05, 0.1) is 12.1 Å². The summed E-state index contributed by atoms with van der Waals surface area (Å²) in [4.78, 5) is 14.3. The fourth-order valence-corrected chi connectivity index (χ4v) is 3.03. The minimum Gasteiger partial charge on any atom is -0.444 e. The van der Waals surface area contributed by atoms with Crippen molar-refractivity contribution in [3.63, 3.8) is 0 Å². The highest BCUT2D eigenvalue weighted by molar-refractivity contribution is 5.70. The molecule has 0 aliphatic carbocycles. The molecule has 0 saturated carbocycles. The van der Waals surface area contributed by atoms with Crippen LogP contribution in [0.2, 0.25) is 0 Å². The van der Waals surface area contributed by atoms with Crippen LogP contribution in [0.5, 0.6) is 0 Å². The molecule has 2 unspecified atom stereocenters. The first-order valence-corrected chi connectivity index (χ1v) is 6.60. The van der Waals surface area contributed by atoms with Crippen molar-refractivity contribution in [2.75, 3.05) is 26.8 Å². The number of carbonyl (C=O) groups excluding carboxylic acids is 1. The highest BCUT2D eigenvalue weighted by Crippen LogP contribution is 2.37. The number of piperazine rings is 1. The SMILES string of the molecule is COCC12CCC(CNC1)N2C(=O)OC(C)(C)C. The first-order chi connectivity index (χ1) is 8.38. The van der Waals surface area contributed by atoms with Gasteiger partial charge in [0.15, 0.2) is 0 Å². The van der Waals surface area contributed by atoms with Gasteiger partial charge in [0.2, 0.25) is 0 Å². The summed E-state index contributed by atoms with van der Waals surface area (Å²) in [5.74, 6) is 0. The van der Waals surface area contributed by atoms with Crippen molar-refractivity contribution < 1.29 is 14.3 Å². The summed E-state index contributed by atoms with van der Waals surface area (Å²) in [7, 11) is 1.68. The maximum absolute atomic E-state index is 12.4. The number of methoxy groups -OCH3 is 1. The molecule has 5 heteroatoms. The van der Waals surface area contributed by atoms with Gasteiger partial charge in [0, 0.05) is 26.2 Å². The molecule has 104 valence electrons. The molecule has 0 aromatic rings. The monoisotopic (exact) mass is 256 g/mol. The van der Waals surface area contributed by atoms with Gasteiger partial charge in [0.1, 0.15) is 5.60 Å². The molecule has 2 fully saturated rings. The molecule has 2 rings (SSSR count). The molecule has 0 spiro atoms. The van der Waals surface area contributed by atoms with Gasteiger partial charge in [-0.15, -0.1) is 0 Å². The number of nitrogens with one attached hydrogen (secondary N) is 1. The van der Waals surface area contributed by atoms with E-state index in [-0.39, 0.29) is 17.7 Å². The number of fused-ring (bicyclic) bond motifs is 2. The van der Waals surface area contributed by atoms with E-state index in [0.717, 1.165) is 25.9 Å². The van der Waals surface area contributed by atoms with E-state index in [1.54, 1.807) is 7.11 Å². The topological polar surface area (TPSA) is 50.8 Å². The highest BCUT2D eigenvalue weighted by Gasteiger charge is 2.52. The molecule has 1 N–H and O–H groups in total. The lowest BCUT2D eigenvalue weighted by Crippen LogP contribution is -2.64. The summed E-state index contributed by atoms with van der Waals surface area (Å²) in [6, 6.07) is 0.240. The Morgan fingerprint density at radius 2 is 2.22 bits per heavy atom. The first-order valence-electron chi connectivity index (χ1n) is 6.60. The highest BCUT2D eigenvalue weighted by atomic mass is 16.6. The Hall–Kier alpha value is -0.810. The van der Waals surface area contributed by atoms with Gasteiger partial charge in [-0.05, 0) is 33.6 Å². The zero-order valence-corrected chi connectivity index (χ0v) is 11.8. The molecule has 5 nitrogen and oxygen atoms in total. The number of hydrogen-bond donors (Lipinski definition) is 1. The van der Waals surface area contributed by atoms with Crippen LogP contribution in [-0.2, 0) is 9.47 Å². The van der Waals surface area contributed by atoms with E-state index < -0.39 is 5.60 Å². The van der Waals surface area contributed by atoms with E-state index in [2.05, 4.69) is 5.32 Å². The van der Waals surface area contributed by atoms with E-state index in [1.165, 1.54) is 0 Å². The van der Waals surface area contributed by atoms with Gasteiger partial charge in [0.25, 0.3) is 0 Å². The zero-order chi connectivity index (χ0) is 13.4. The third-order valence-corrected chi connectivity index (χ3v) is 3.66. The minimum absolute atomic E-state index is 0.205. The lowest BCUT2D eigenvalue weighted by Gasteiger charge is -2.44. The van der Waals surface area contributed by atoms with E-state index in [1.807, 2.05) is 25.7 Å². The normalized spacial score (nSPS) is 31.6. The second-order valence-electron chi connectivity index (χ2n) is 6.33. The minimum atomic E-state index is -0.449. The van der Waals surface area contributed by atoms with E-state index in [9.17, 15) is 4.79 Å². The summed E-state index contributed by atoms with van der Waals surface area (Å²) in [5.41, 5.74) is -0.671. The van der Waals surface area contributed by atoms with Crippen molar-refractivity contribution >= 4 is 6.09 Å². The van der Waals surface area contributed by atoms with Crippen molar-refractivity contribution in [3.8, 4) is 0 Å². The summed E-state index contributed by atoms with van der Waals surface area (Å²) < 4.78 is 10.9. The predicted molar refractivity (Wildman–Crippen MR) is 68.6 cm³/mol. The average molecular weight is 256 g/mol. The smallest absolute Gasteiger partial charge is 0.411 e. The lowest BCUT2D eigenvalue weighted by molar-refractivity contribution is -0.0305. The Morgan fingerprint density at radius 3 is 2.83 bits per heavy atom. The Labute approximate surface area is 109 Å². The van der Waals surface area contributed by atoms with Crippen LogP contribution in [0.1, 0.15) is 33.6 Å². The molecule has 2 atom stereocenters. The maximum Gasteiger partial charge on any atom is 0.411 e. The van der Waals surface area contributed by atoms with Crippen molar-refractivity contribution in [1.82, 2.24) is 10.2 Å². The van der Waals surface area contributed by atoms with Gasteiger partial charge < -0.3 is 14.8 Å². The molecule has 0 aromatic heterocycles. The molecular weight excluding hydrogens is 232 g/mol. The lowest BCUT2D eigenvalue weighted by atomic mass is 9.97. The van der Waals surface area contributed by atoms with Crippen LogP contribution in [-0.4, -0.2) is 55.0 Å². The molecule has 0 radical (unpaired) electrons. The summed E-state index contributed by atoms with van der Waals surface area (Å²) >= 11 is 0. The van der Waals surface area contributed by atoms with Crippen molar-refractivity contribution in [3.05, 3.63) is 0 Å². The molecule has 0 aromatic carbocycles. The standard InChI is InChI=1S/C13H24N2O3/c1-12(2,3)18-11(16)15-10-5-6-13(15,9-17-4)8-14-7-10/h10,14H,5-9H2,1-4H3. The molecule has 1 amide bonds. The molecular formula is C13H24N2O3. The van der Waals surface area contributed by atoms with Gasteiger partial charge in [-0.1, -0.05) is 0 Å². The Morgan fingerprint density at radius 1 is 1.50 bits per heavy atom. The molecule has 2 bridgehead atoms. The Balaban J connectivity index is 2.16. The van der Waals surface area contributed by atoms with Gasteiger partial charge in [-0.25, -0.2) is 4.79 Å². The van der Waals surface area contributed by atoms with Crippen LogP contribution in [0.25, 0.3) is 0 Å². The number of ether oxygens (including phenoxy) is 2. The maximum atomic E-state index is 12.4. The fourth-order valence-electron chi connectivity index (χ4n) is 3.03. The van der Waals surface area contributed by atoms with E-state index >= 15 is 0 Å². The Bertz CT molecular complexity index is 317. The second kappa shape index (κ2) is 4.70. The van der Waals surface area contributed by atoms with E-state index in [4.69, 9.17) is 9.47 Å². The molecule has 2 aliphatic heterocycles. The van der Waals surface area contributed by atoms with Gasteiger partial charge in [-0.3, -0.25) is 4.90 Å². The zero-order valence-electron chi connectivity index (χ0n) is 11.8. The third kappa shape index (κ3) is 2.47. The van der Waals surface area contributed by atoms with Crippen LogP contribution < -0.4 is 5.32 Å². The largest absolute Gasteiger partial charge is 0.444 e. The van der Waals surface area contributed by atoms with Crippen molar-refractivity contribution in [1.29, 1.82) is 0 Å². The fraction of sp³-hybridized carbons (Fsp3) is 0.923. The summed E-state index contributed by atoms with van der Waals surface area (Å²) in [5, 5.41) is 3.39. The Kier molecular flexibility index (Phi) is 3.56. The molecule has 2 heterocycles. The molecule has 2 saturated heterocycles. The average Bonchev–Trinajstić information content (AvgIpc) is 2.44. The number of hydrogen-bond acceptors (Lipinski definition) is 4. The van der Waals surface area contributed by atoms with Crippen LogP contribution in [0.15, 0.2) is 0 Å². The van der Waals surface area contributed by atoms with Gasteiger partial charge in [-0.2, -0.15) is 0 Å².